The number of benzene rings is 2. The number of hydrogen-bond acceptors (Lipinski definition) is 4. The SMILES string of the molecule is O=C(NCCN=C1NS(=O)(=O)c2ccccc21)c1c(F)cccc1F. The maximum atomic E-state index is 13.5. The fraction of sp³-hybridized carbons (Fsp3) is 0.125. The molecule has 2 N–H and O–H groups in total. The maximum Gasteiger partial charge on any atom is 0.263 e. The molecule has 130 valence electrons. The monoisotopic (exact) mass is 365 g/mol. The van der Waals surface area contributed by atoms with Gasteiger partial charge in [0.25, 0.3) is 15.9 Å². The number of fused-ring (bicyclic) bond motifs is 1. The van der Waals surface area contributed by atoms with E-state index in [4.69, 9.17) is 0 Å². The molecule has 0 bridgehead atoms. The molecule has 0 spiro atoms. The molecular weight excluding hydrogens is 352 g/mol. The summed E-state index contributed by atoms with van der Waals surface area (Å²) in [6.45, 7) is 0.0218. The van der Waals surface area contributed by atoms with E-state index in [2.05, 4.69) is 15.0 Å². The highest BCUT2D eigenvalue weighted by molar-refractivity contribution is 7.90. The van der Waals surface area contributed by atoms with E-state index in [0.29, 0.717) is 5.56 Å². The predicted octanol–water partition coefficient (Wildman–Crippen LogP) is 1.43. The fourth-order valence-electron chi connectivity index (χ4n) is 2.39. The van der Waals surface area contributed by atoms with Crippen LogP contribution in [-0.4, -0.2) is 33.3 Å². The largest absolute Gasteiger partial charge is 0.350 e. The number of nitrogens with zero attached hydrogens (tertiary/aromatic N) is 1. The Morgan fingerprint density at radius 1 is 1.08 bits per heavy atom. The van der Waals surface area contributed by atoms with Gasteiger partial charge in [0.05, 0.1) is 11.4 Å². The molecule has 0 aliphatic carbocycles. The second-order valence-electron chi connectivity index (χ2n) is 5.18. The molecule has 9 heteroatoms. The maximum absolute atomic E-state index is 13.5. The Hall–Kier alpha value is -2.81. The van der Waals surface area contributed by atoms with E-state index in [9.17, 15) is 22.0 Å². The number of carbonyl (C=O) groups is 1. The van der Waals surface area contributed by atoms with Gasteiger partial charge in [-0.2, -0.15) is 0 Å². The summed E-state index contributed by atoms with van der Waals surface area (Å²) in [6, 6.07) is 9.49. The standard InChI is InChI=1S/C16H13F2N3O3S/c17-11-5-3-6-12(18)14(11)16(22)20-9-8-19-15-10-4-1-2-7-13(10)25(23,24)21-15/h1-7H,8-9H2,(H,19,21)(H,20,22). The zero-order valence-corrected chi connectivity index (χ0v) is 13.6. The summed E-state index contributed by atoms with van der Waals surface area (Å²) in [7, 11) is -3.63. The lowest BCUT2D eigenvalue weighted by atomic mass is 10.2. The van der Waals surface area contributed by atoms with Gasteiger partial charge in [-0.15, -0.1) is 0 Å². The quantitative estimate of drug-likeness (QED) is 0.804. The first-order valence-corrected chi connectivity index (χ1v) is 8.77. The number of hydrogen-bond donors (Lipinski definition) is 2. The predicted molar refractivity (Wildman–Crippen MR) is 86.9 cm³/mol. The van der Waals surface area contributed by atoms with E-state index in [1.807, 2.05) is 0 Å². The van der Waals surface area contributed by atoms with Gasteiger partial charge in [0.15, 0.2) is 0 Å². The van der Waals surface area contributed by atoms with Crippen molar-refractivity contribution in [3.63, 3.8) is 0 Å². The van der Waals surface area contributed by atoms with Gasteiger partial charge in [-0.1, -0.05) is 18.2 Å². The van der Waals surface area contributed by atoms with Crippen molar-refractivity contribution in [2.45, 2.75) is 4.90 Å². The summed E-state index contributed by atoms with van der Waals surface area (Å²) in [5.74, 6) is -2.65. The number of sulfonamides is 1. The van der Waals surface area contributed by atoms with Gasteiger partial charge in [-0.3, -0.25) is 14.5 Å². The highest BCUT2D eigenvalue weighted by Crippen LogP contribution is 2.21. The molecule has 0 saturated heterocycles. The van der Waals surface area contributed by atoms with Crippen molar-refractivity contribution in [3.8, 4) is 0 Å². The molecule has 1 heterocycles. The third kappa shape index (κ3) is 3.36. The number of amides is 1. The average Bonchev–Trinajstić information content (AvgIpc) is 2.83. The zero-order chi connectivity index (χ0) is 18.0. The summed E-state index contributed by atoms with van der Waals surface area (Å²) in [4.78, 5) is 16.1. The molecule has 1 aliphatic heterocycles. The number of nitrogens with one attached hydrogen (secondary N) is 2. The molecule has 0 radical (unpaired) electrons. The Morgan fingerprint density at radius 3 is 2.48 bits per heavy atom. The van der Waals surface area contributed by atoms with E-state index in [-0.39, 0.29) is 23.8 Å². The van der Waals surface area contributed by atoms with Crippen LogP contribution in [0.2, 0.25) is 0 Å². The first-order chi connectivity index (χ1) is 11.9. The van der Waals surface area contributed by atoms with Gasteiger partial charge in [0.2, 0.25) is 0 Å². The van der Waals surface area contributed by atoms with E-state index < -0.39 is 33.1 Å². The zero-order valence-electron chi connectivity index (χ0n) is 12.8. The number of amidine groups is 1. The van der Waals surface area contributed by atoms with Crippen molar-refractivity contribution in [2.75, 3.05) is 13.1 Å². The molecule has 3 rings (SSSR count). The first kappa shape index (κ1) is 17.0. The molecule has 1 aliphatic rings. The topological polar surface area (TPSA) is 87.6 Å². The van der Waals surface area contributed by atoms with Crippen LogP contribution in [0, 0.1) is 11.6 Å². The van der Waals surface area contributed by atoms with Crippen LogP contribution in [0.4, 0.5) is 8.78 Å². The average molecular weight is 365 g/mol. The Kier molecular flexibility index (Phi) is 4.49. The van der Waals surface area contributed by atoms with Crippen molar-refractivity contribution in [3.05, 3.63) is 65.2 Å². The van der Waals surface area contributed by atoms with E-state index in [0.717, 1.165) is 18.2 Å². The third-order valence-corrected chi connectivity index (χ3v) is 4.92. The Labute approximate surface area is 142 Å². The van der Waals surface area contributed by atoms with Gasteiger partial charge in [0.1, 0.15) is 23.0 Å². The van der Waals surface area contributed by atoms with Crippen LogP contribution in [0.5, 0.6) is 0 Å². The lowest BCUT2D eigenvalue weighted by Gasteiger charge is -2.06. The Bertz CT molecular complexity index is 954. The lowest BCUT2D eigenvalue weighted by Crippen LogP contribution is -2.29. The normalized spacial score (nSPS) is 16.3. The molecule has 6 nitrogen and oxygen atoms in total. The number of aliphatic imine (C=N–C) groups is 1. The van der Waals surface area contributed by atoms with E-state index >= 15 is 0 Å². The van der Waals surface area contributed by atoms with E-state index in [1.165, 1.54) is 6.07 Å². The second kappa shape index (κ2) is 6.60. The van der Waals surface area contributed by atoms with Gasteiger partial charge in [0, 0.05) is 12.1 Å². The smallest absolute Gasteiger partial charge is 0.263 e. The van der Waals surface area contributed by atoms with Crippen molar-refractivity contribution < 1.29 is 22.0 Å². The lowest BCUT2D eigenvalue weighted by molar-refractivity contribution is 0.0946. The van der Waals surface area contributed by atoms with Crippen molar-refractivity contribution in [1.29, 1.82) is 0 Å². The first-order valence-electron chi connectivity index (χ1n) is 7.29. The Balaban J connectivity index is 1.66. The van der Waals surface area contributed by atoms with Crippen LogP contribution in [0.15, 0.2) is 52.4 Å². The second-order valence-corrected chi connectivity index (χ2v) is 6.84. The van der Waals surface area contributed by atoms with Gasteiger partial charge in [-0.25, -0.2) is 17.2 Å². The van der Waals surface area contributed by atoms with Crippen LogP contribution in [0.1, 0.15) is 15.9 Å². The highest BCUT2D eigenvalue weighted by Gasteiger charge is 2.29. The van der Waals surface area contributed by atoms with Crippen LogP contribution in [-0.2, 0) is 10.0 Å². The van der Waals surface area contributed by atoms with Gasteiger partial charge in [-0.05, 0) is 24.3 Å². The van der Waals surface area contributed by atoms with Crippen molar-refractivity contribution in [1.82, 2.24) is 10.0 Å². The third-order valence-electron chi connectivity index (χ3n) is 3.52. The summed E-state index contributed by atoms with van der Waals surface area (Å²) in [6.07, 6.45) is 0. The number of carbonyl (C=O) groups excluding carboxylic acids is 1. The van der Waals surface area contributed by atoms with Crippen LogP contribution >= 0.6 is 0 Å². The molecule has 2 aromatic carbocycles. The summed E-state index contributed by atoms with van der Waals surface area (Å²) in [5.41, 5.74) is -0.226. The highest BCUT2D eigenvalue weighted by atomic mass is 32.2. The molecule has 0 saturated carbocycles. The summed E-state index contributed by atoms with van der Waals surface area (Å²) in [5, 5.41) is 2.35. The van der Waals surface area contributed by atoms with Crippen LogP contribution in [0.3, 0.4) is 0 Å². The molecule has 2 aromatic rings. The molecule has 0 aromatic heterocycles. The molecule has 25 heavy (non-hydrogen) atoms. The van der Waals surface area contributed by atoms with Gasteiger partial charge < -0.3 is 5.32 Å². The van der Waals surface area contributed by atoms with Crippen molar-refractivity contribution in [2.24, 2.45) is 4.99 Å². The number of rotatable bonds is 4. The summed E-state index contributed by atoms with van der Waals surface area (Å²) < 4.78 is 53.2. The molecule has 0 unspecified atom stereocenters. The Morgan fingerprint density at radius 2 is 1.76 bits per heavy atom. The molecule has 0 fully saturated rings. The van der Waals surface area contributed by atoms with Crippen LogP contribution < -0.4 is 10.0 Å². The minimum atomic E-state index is -3.63. The van der Waals surface area contributed by atoms with Crippen LogP contribution in [0.25, 0.3) is 0 Å². The fourth-order valence-corrected chi connectivity index (χ4v) is 3.64. The van der Waals surface area contributed by atoms with E-state index in [1.54, 1.807) is 18.2 Å². The van der Waals surface area contributed by atoms with Crippen molar-refractivity contribution >= 4 is 21.8 Å². The molecular formula is C16H13F2N3O3S. The molecule has 0 atom stereocenters. The molecule has 1 amide bonds. The van der Waals surface area contributed by atoms with Gasteiger partial charge >= 0.3 is 0 Å². The number of halogens is 2. The minimum absolute atomic E-state index is 0.0139. The summed E-state index contributed by atoms with van der Waals surface area (Å²) >= 11 is 0. The minimum Gasteiger partial charge on any atom is -0.350 e.